The van der Waals surface area contributed by atoms with Crippen LogP contribution in [0.1, 0.15) is 25.7 Å². The Hall–Kier alpha value is -2.24. The van der Waals surface area contributed by atoms with Crippen LogP contribution in [0, 0.1) is 5.92 Å². The molecule has 1 heterocycles. The van der Waals surface area contributed by atoms with E-state index in [4.69, 9.17) is 16.2 Å². The maximum Gasteiger partial charge on any atom is 0.222 e. The van der Waals surface area contributed by atoms with Gasteiger partial charge in [0.1, 0.15) is 5.75 Å². The zero-order valence-electron chi connectivity index (χ0n) is 12.7. The predicted molar refractivity (Wildman–Crippen MR) is 84.1 cm³/mol. The summed E-state index contributed by atoms with van der Waals surface area (Å²) >= 11 is 0. The summed E-state index contributed by atoms with van der Waals surface area (Å²) in [5, 5.41) is 0. The van der Waals surface area contributed by atoms with Gasteiger partial charge in [-0.15, -0.1) is 0 Å². The molecule has 0 aromatic heterocycles. The van der Waals surface area contributed by atoms with Crippen LogP contribution in [-0.2, 0) is 9.59 Å². The highest BCUT2D eigenvalue weighted by molar-refractivity contribution is 5.78. The van der Waals surface area contributed by atoms with Crippen molar-refractivity contribution in [3.8, 4) is 5.75 Å². The van der Waals surface area contributed by atoms with E-state index < -0.39 is 0 Å². The van der Waals surface area contributed by atoms with E-state index in [9.17, 15) is 9.59 Å². The molecule has 6 nitrogen and oxygen atoms in total. The molecule has 1 aliphatic heterocycles. The van der Waals surface area contributed by atoms with Crippen LogP contribution in [0.5, 0.6) is 5.75 Å². The van der Waals surface area contributed by atoms with Crippen molar-refractivity contribution in [2.45, 2.75) is 25.7 Å². The van der Waals surface area contributed by atoms with Crippen LogP contribution in [0.4, 0.5) is 5.69 Å². The smallest absolute Gasteiger partial charge is 0.222 e. The number of nitrogens with two attached hydrogens (primary N) is 2. The number of primary amides is 1. The summed E-state index contributed by atoms with van der Waals surface area (Å²) in [6.45, 7) is 1.68. The van der Waals surface area contributed by atoms with Crippen molar-refractivity contribution in [2.75, 3.05) is 25.4 Å². The third kappa shape index (κ3) is 4.38. The predicted octanol–water partition coefficient (Wildman–Crippen LogP) is 1.15. The number of anilines is 1. The first-order valence-corrected chi connectivity index (χ1v) is 7.62. The largest absolute Gasteiger partial charge is 0.491 e. The van der Waals surface area contributed by atoms with E-state index in [-0.39, 0.29) is 17.7 Å². The van der Waals surface area contributed by atoms with Gasteiger partial charge < -0.3 is 21.1 Å². The number of benzene rings is 1. The lowest BCUT2D eigenvalue weighted by atomic mass is 9.96. The number of likely N-dealkylation sites (tertiary alicyclic amines) is 1. The van der Waals surface area contributed by atoms with Crippen molar-refractivity contribution < 1.29 is 14.3 Å². The second-order valence-corrected chi connectivity index (χ2v) is 5.55. The number of nitrogen functional groups attached to an aromatic ring is 1. The fourth-order valence-electron chi connectivity index (χ4n) is 2.59. The molecule has 0 atom stereocenters. The van der Waals surface area contributed by atoms with E-state index in [0.717, 1.165) is 0 Å². The second-order valence-electron chi connectivity index (χ2n) is 5.55. The van der Waals surface area contributed by atoms with Gasteiger partial charge >= 0.3 is 0 Å². The zero-order valence-corrected chi connectivity index (χ0v) is 12.7. The van der Waals surface area contributed by atoms with Gasteiger partial charge in [0.2, 0.25) is 11.8 Å². The molecular weight excluding hydrogens is 282 g/mol. The Balaban J connectivity index is 1.66. The van der Waals surface area contributed by atoms with Gasteiger partial charge in [-0.2, -0.15) is 0 Å². The lowest BCUT2D eigenvalue weighted by Gasteiger charge is -2.30. The van der Waals surface area contributed by atoms with E-state index >= 15 is 0 Å². The molecule has 6 heteroatoms. The molecule has 0 saturated carbocycles. The lowest BCUT2D eigenvalue weighted by Crippen LogP contribution is -2.41. The van der Waals surface area contributed by atoms with Crippen LogP contribution >= 0.6 is 0 Å². The molecule has 22 heavy (non-hydrogen) atoms. The number of amides is 2. The van der Waals surface area contributed by atoms with Gasteiger partial charge in [-0.3, -0.25) is 9.59 Å². The van der Waals surface area contributed by atoms with Gasteiger partial charge in [-0.05, 0) is 31.4 Å². The van der Waals surface area contributed by atoms with Crippen molar-refractivity contribution in [1.82, 2.24) is 4.90 Å². The first-order chi connectivity index (χ1) is 10.6. The average molecular weight is 305 g/mol. The molecule has 2 amide bonds. The van der Waals surface area contributed by atoms with E-state index in [2.05, 4.69) is 0 Å². The Bertz CT molecular complexity index is 525. The molecule has 1 aromatic rings. The van der Waals surface area contributed by atoms with Gasteiger partial charge in [-0.25, -0.2) is 0 Å². The number of hydrogen-bond acceptors (Lipinski definition) is 4. The maximum atomic E-state index is 12.1. The Morgan fingerprint density at radius 3 is 2.55 bits per heavy atom. The molecule has 2 rings (SSSR count). The van der Waals surface area contributed by atoms with E-state index in [1.807, 2.05) is 18.2 Å². The van der Waals surface area contributed by atoms with Gasteiger partial charge in [0, 0.05) is 25.4 Å². The van der Waals surface area contributed by atoms with Crippen LogP contribution in [0.3, 0.4) is 0 Å². The van der Waals surface area contributed by atoms with Crippen LogP contribution in [-0.4, -0.2) is 36.4 Å². The molecule has 0 unspecified atom stereocenters. The molecular formula is C16H23N3O3. The Morgan fingerprint density at radius 1 is 1.23 bits per heavy atom. The first kappa shape index (κ1) is 16.1. The Kier molecular flexibility index (Phi) is 5.63. The maximum absolute atomic E-state index is 12.1. The monoisotopic (exact) mass is 305 g/mol. The minimum Gasteiger partial charge on any atom is -0.491 e. The summed E-state index contributed by atoms with van der Waals surface area (Å²) in [6, 6.07) is 7.30. The van der Waals surface area contributed by atoms with Crippen molar-refractivity contribution in [3.63, 3.8) is 0 Å². The highest BCUT2D eigenvalue weighted by Gasteiger charge is 2.25. The van der Waals surface area contributed by atoms with Crippen LogP contribution < -0.4 is 16.2 Å². The third-order valence-electron chi connectivity index (χ3n) is 3.96. The number of hydrogen-bond donors (Lipinski definition) is 2. The standard InChI is InChI=1S/C16H23N3O3/c17-13-4-1-2-5-14(13)22-11-3-6-15(20)19-9-7-12(8-10-19)16(18)21/h1-2,4-5,12H,3,6-11,17H2,(H2,18,21). The minimum atomic E-state index is -0.263. The van der Waals surface area contributed by atoms with Crippen molar-refractivity contribution in [1.29, 1.82) is 0 Å². The van der Waals surface area contributed by atoms with Crippen LogP contribution in [0.15, 0.2) is 24.3 Å². The van der Waals surface area contributed by atoms with Crippen molar-refractivity contribution >= 4 is 17.5 Å². The fourth-order valence-corrected chi connectivity index (χ4v) is 2.59. The van der Waals surface area contributed by atoms with E-state index in [1.54, 1.807) is 11.0 Å². The average Bonchev–Trinajstić information content (AvgIpc) is 2.53. The number of piperidine rings is 1. The second kappa shape index (κ2) is 7.68. The number of carbonyl (C=O) groups excluding carboxylic acids is 2. The van der Waals surface area contributed by atoms with Gasteiger partial charge in [-0.1, -0.05) is 12.1 Å². The molecule has 1 aliphatic rings. The normalized spacial score (nSPS) is 15.5. The van der Waals surface area contributed by atoms with Gasteiger partial charge in [0.15, 0.2) is 0 Å². The number of rotatable bonds is 6. The molecule has 120 valence electrons. The van der Waals surface area contributed by atoms with Gasteiger partial charge in [0.25, 0.3) is 0 Å². The topological polar surface area (TPSA) is 98.7 Å². The van der Waals surface area contributed by atoms with Gasteiger partial charge in [0.05, 0.1) is 12.3 Å². The summed E-state index contributed by atoms with van der Waals surface area (Å²) in [6.07, 6.45) is 2.41. The quantitative estimate of drug-likeness (QED) is 0.608. The number of nitrogens with zero attached hydrogens (tertiary/aromatic N) is 1. The highest BCUT2D eigenvalue weighted by atomic mass is 16.5. The SMILES string of the molecule is NC(=O)C1CCN(C(=O)CCCOc2ccccc2N)CC1. The highest BCUT2D eigenvalue weighted by Crippen LogP contribution is 2.20. The third-order valence-corrected chi connectivity index (χ3v) is 3.96. The summed E-state index contributed by atoms with van der Waals surface area (Å²) in [5.41, 5.74) is 11.7. The Morgan fingerprint density at radius 2 is 1.91 bits per heavy atom. The van der Waals surface area contributed by atoms with Crippen molar-refractivity contribution in [3.05, 3.63) is 24.3 Å². The summed E-state index contributed by atoms with van der Waals surface area (Å²) in [4.78, 5) is 25.0. The van der Waals surface area contributed by atoms with E-state index in [1.165, 1.54) is 0 Å². The molecule has 4 N–H and O–H groups in total. The Labute approximate surface area is 130 Å². The molecule has 1 saturated heterocycles. The molecule has 0 spiro atoms. The molecule has 0 aliphatic carbocycles. The van der Waals surface area contributed by atoms with E-state index in [0.29, 0.717) is 56.8 Å². The zero-order chi connectivity index (χ0) is 15.9. The lowest BCUT2D eigenvalue weighted by molar-refractivity contribution is -0.135. The number of para-hydroxylation sites is 2. The van der Waals surface area contributed by atoms with Crippen molar-refractivity contribution in [2.24, 2.45) is 11.7 Å². The molecule has 1 aromatic carbocycles. The fraction of sp³-hybridized carbons (Fsp3) is 0.500. The molecule has 1 fully saturated rings. The molecule has 0 bridgehead atoms. The summed E-state index contributed by atoms with van der Waals surface area (Å²) in [7, 11) is 0. The summed E-state index contributed by atoms with van der Waals surface area (Å²) < 4.78 is 5.57. The van der Waals surface area contributed by atoms with Crippen LogP contribution in [0.25, 0.3) is 0 Å². The number of ether oxygens (including phenoxy) is 1. The minimum absolute atomic E-state index is 0.0894. The molecule has 0 radical (unpaired) electrons. The van der Waals surface area contributed by atoms with Crippen LogP contribution in [0.2, 0.25) is 0 Å². The first-order valence-electron chi connectivity index (χ1n) is 7.62. The number of carbonyl (C=O) groups is 2. The summed E-state index contributed by atoms with van der Waals surface area (Å²) in [5.74, 6) is 0.402.